The molecule has 0 bridgehead atoms. The summed E-state index contributed by atoms with van der Waals surface area (Å²) in [4.78, 5) is 22.1. The lowest BCUT2D eigenvalue weighted by molar-refractivity contribution is -0.192. The molecule has 182 valence electrons. The van der Waals surface area contributed by atoms with Gasteiger partial charge in [0.15, 0.2) is 23.0 Å². The Morgan fingerprint density at radius 2 is 2.18 bits per heavy atom. The van der Waals surface area contributed by atoms with E-state index in [9.17, 15) is 23.8 Å². The molecule has 5 N–H and O–H groups in total. The van der Waals surface area contributed by atoms with Crippen molar-refractivity contribution in [3.8, 4) is 5.75 Å². The SMILES string of the molecule is Nc1nc2c(ncn2[C@@H]2O[C@@](COP3(=S)OCc4ccccc4O3)(C(F)F)[C@@H](O)[C@H]2O)c(=O)[nH]1. The molecule has 1 aromatic carbocycles. The summed E-state index contributed by atoms with van der Waals surface area (Å²) >= 11 is 5.29. The van der Waals surface area contributed by atoms with Gasteiger partial charge in [-0.2, -0.15) is 4.98 Å². The number of aromatic amines is 1. The lowest BCUT2D eigenvalue weighted by Crippen LogP contribution is -2.52. The molecular formula is C18H18F2N5O7PS. The Labute approximate surface area is 194 Å². The van der Waals surface area contributed by atoms with Crippen LogP contribution in [0.25, 0.3) is 11.2 Å². The molecule has 0 amide bonds. The number of nitrogen functional groups attached to an aromatic ring is 1. The summed E-state index contributed by atoms with van der Waals surface area (Å²) in [5.74, 6) is 0.133. The van der Waals surface area contributed by atoms with Crippen LogP contribution in [0.2, 0.25) is 0 Å². The van der Waals surface area contributed by atoms with Crippen molar-refractivity contribution in [1.29, 1.82) is 0 Å². The van der Waals surface area contributed by atoms with Gasteiger partial charge < -0.3 is 25.2 Å². The van der Waals surface area contributed by atoms with Gasteiger partial charge in [-0.3, -0.25) is 23.4 Å². The number of ether oxygens (including phenoxy) is 1. The number of benzene rings is 1. The number of rotatable bonds is 5. The summed E-state index contributed by atoms with van der Waals surface area (Å²) in [6, 6.07) is 6.86. The van der Waals surface area contributed by atoms with E-state index in [2.05, 4.69) is 15.0 Å². The average Bonchev–Trinajstić information content (AvgIpc) is 3.32. The predicted molar refractivity (Wildman–Crippen MR) is 116 cm³/mol. The van der Waals surface area contributed by atoms with Gasteiger partial charge in [0, 0.05) is 17.4 Å². The molecule has 0 spiro atoms. The molecule has 5 atom stereocenters. The monoisotopic (exact) mass is 517 g/mol. The highest BCUT2D eigenvalue weighted by molar-refractivity contribution is 8.07. The number of nitrogens with one attached hydrogen (secondary N) is 1. The number of aliphatic hydroxyl groups is 2. The van der Waals surface area contributed by atoms with Gasteiger partial charge in [0.2, 0.25) is 5.95 Å². The molecule has 0 aliphatic carbocycles. The molecular weight excluding hydrogens is 499 g/mol. The first kappa shape index (κ1) is 23.2. The summed E-state index contributed by atoms with van der Waals surface area (Å²) in [5.41, 5.74) is 2.58. The second-order valence-electron chi connectivity index (χ2n) is 7.67. The zero-order valence-corrected chi connectivity index (χ0v) is 18.8. The molecule has 16 heteroatoms. The molecule has 0 saturated carbocycles. The minimum Gasteiger partial charge on any atom is -0.424 e. The summed E-state index contributed by atoms with van der Waals surface area (Å²) in [7, 11) is 0. The molecule has 3 aromatic rings. The number of hydrogen-bond acceptors (Lipinski definition) is 11. The zero-order chi connectivity index (χ0) is 24.3. The number of hydrogen-bond donors (Lipinski definition) is 4. The third-order valence-corrected chi connectivity index (χ3v) is 7.73. The lowest BCUT2D eigenvalue weighted by Gasteiger charge is -2.34. The van der Waals surface area contributed by atoms with E-state index in [-0.39, 0.29) is 23.7 Å². The van der Waals surface area contributed by atoms with E-state index >= 15 is 0 Å². The van der Waals surface area contributed by atoms with Crippen molar-refractivity contribution >= 4 is 35.6 Å². The first-order chi connectivity index (χ1) is 16.1. The van der Waals surface area contributed by atoms with Gasteiger partial charge in [-0.05, 0) is 6.07 Å². The first-order valence-electron chi connectivity index (χ1n) is 9.84. The van der Waals surface area contributed by atoms with Gasteiger partial charge >= 0.3 is 6.72 Å². The van der Waals surface area contributed by atoms with Crippen molar-refractivity contribution in [2.24, 2.45) is 0 Å². The van der Waals surface area contributed by atoms with Crippen LogP contribution in [0.3, 0.4) is 0 Å². The Bertz CT molecular complexity index is 1360. The van der Waals surface area contributed by atoms with Gasteiger partial charge in [-0.15, -0.1) is 0 Å². The Kier molecular flexibility index (Phi) is 5.67. The highest BCUT2D eigenvalue weighted by Gasteiger charge is 2.61. The number of aliphatic hydroxyl groups excluding tert-OH is 2. The Morgan fingerprint density at radius 3 is 2.94 bits per heavy atom. The van der Waals surface area contributed by atoms with Crippen molar-refractivity contribution in [3.05, 3.63) is 46.5 Å². The predicted octanol–water partition coefficient (Wildman–Crippen LogP) is 0.807. The fourth-order valence-corrected chi connectivity index (χ4v) is 5.59. The van der Waals surface area contributed by atoms with Crippen LogP contribution in [0.1, 0.15) is 11.8 Å². The number of imidazole rings is 1. The molecule has 2 aliphatic rings. The maximum Gasteiger partial charge on any atom is 0.381 e. The Hall–Kier alpha value is -2.52. The summed E-state index contributed by atoms with van der Waals surface area (Å²) < 4.78 is 51.7. The minimum atomic E-state index is -3.52. The number of alkyl halides is 2. The van der Waals surface area contributed by atoms with E-state index in [0.717, 1.165) is 10.9 Å². The molecule has 1 fully saturated rings. The highest BCUT2D eigenvalue weighted by Crippen LogP contribution is 2.56. The molecule has 2 aliphatic heterocycles. The van der Waals surface area contributed by atoms with Crippen LogP contribution in [-0.4, -0.2) is 60.6 Å². The van der Waals surface area contributed by atoms with Gasteiger partial charge in [0.25, 0.3) is 12.0 Å². The Balaban J connectivity index is 1.43. The van der Waals surface area contributed by atoms with E-state index in [1.54, 1.807) is 24.3 Å². The number of nitrogens with zero attached hydrogens (tertiary/aromatic N) is 3. The van der Waals surface area contributed by atoms with Gasteiger partial charge in [-0.1, -0.05) is 18.2 Å². The number of nitrogens with two attached hydrogens (primary N) is 1. The third kappa shape index (κ3) is 3.69. The topological polar surface area (TPSA) is 167 Å². The van der Waals surface area contributed by atoms with Crippen LogP contribution in [0.4, 0.5) is 14.7 Å². The molecule has 0 radical (unpaired) electrons. The molecule has 2 aromatic heterocycles. The Morgan fingerprint density at radius 1 is 1.41 bits per heavy atom. The van der Waals surface area contributed by atoms with E-state index in [4.69, 9.17) is 35.8 Å². The second kappa shape index (κ2) is 8.30. The maximum atomic E-state index is 14.3. The summed E-state index contributed by atoms with van der Waals surface area (Å²) in [6.07, 6.45) is -7.85. The number of para-hydroxylation sites is 1. The minimum absolute atomic E-state index is 0.0481. The standard InChI is InChI=1S/C18H18F2N5O7PS/c19-16(20)18(6-30-33(34)29-5-8-3-1-2-4-9(8)32-33)12(27)11(26)15(31-18)25-7-22-10-13(25)23-17(21)24-14(10)28/h1-4,7,11-12,15-16,26-27H,5-6H2,(H3,21,23,24,28)/t11-,12+,15-,18-,33?/m1/s1. The number of fused-ring (bicyclic) bond motifs is 2. The van der Waals surface area contributed by atoms with E-state index in [1.807, 2.05) is 0 Å². The fourth-order valence-electron chi connectivity index (χ4n) is 3.77. The van der Waals surface area contributed by atoms with Crippen molar-refractivity contribution in [3.63, 3.8) is 0 Å². The van der Waals surface area contributed by atoms with Crippen LogP contribution >= 0.6 is 6.72 Å². The molecule has 34 heavy (non-hydrogen) atoms. The quantitative estimate of drug-likeness (QED) is 0.354. The lowest BCUT2D eigenvalue weighted by atomic mass is 9.96. The molecule has 12 nitrogen and oxygen atoms in total. The third-order valence-electron chi connectivity index (χ3n) is 5.56. The van der Waals surface area contributed by atoms with Crippen LogP contribution in [0.5, 0.6) is 5.75 Å². The maximum absolute atomic E-state index is 14.3. The van der Waals surface area contributed by atoms with Crippen LogP contribution in [0, 0.1) is 0 Å². The van der Waals surface area contributed by atoms with Crippen LogP contribution in [-0.2, 0) is 32.2 Å². The normalized spacial score (nSPS) is 31.0. The van der Waals surface area contributed by atoms with E-state index in [1.165, 1.54) is 0 Å². The summed E-state index contributed by atoms with van der Waals surface area (Å²) in [5, 5.41) is 21.2. The van der Waals surface area contributed by atoms with Gasteiger partial charge in [-0.25, -0.2) is 13.8 Å². The smallest absolute Gasteiger partial charge is 0.381 e. The van der Waals surface area contributed by atoms with E-state index in [0.29, 0.717) is 11.3 Å². The van der Waals surface area contributed by atoms with Crippen LogP contribution in [0.15, 0.2) is 35.4 Å². The van der Waals surface area contributed by atoms with Crippen molar-refractivity contribution in [2.75, 3.05) is 12.3 Å². The van der Waals surface area contributed by atoms with E-state index < -0.39 is 49.3 Å². The molecule has 5 rings (SSSR count). The zero-order valence-electron chi connectivity index (χ0n) is 17.1. The second-order valence-corrected chi connectivity index (χ2v) is 10.6. The molecule has 4 heterocycles. The van der Waals surface area contributed by atoms with Gasteiger partial charge in [0.05, 0.1) is 19.5 Å². The number of H-pyrrole nitrogens is 1. The molecule has 1 saturated heterocycles. The molecule has 1 unspecified atom stereocenters. The number of aromatic nitrogens is 4. The van der Waals surface area contributed by atoms with Crippen molar-refractivity contribution in [2.45, 2.75) is 37.1 Å². The van der Waals surface area contributed by atoms with Gasteiger partial charge in [0.1, 0.15) is 18.0 Å². The highest BCUT2D eigenvalue weighted by atomic mass is 32.5. The number of halogens is 2. The van der Waals surface area contributed by atoms with Crippen molar-refractivity contribution < 1.29 is 37.3 Å². The number of anilines is 1. The van der Waals surface area contributed by atoms with Crippen molar-refractivity contribution in [1.82, 2.24) is 19.5 Å². The largest absolute Gasteiger partial charge is 0.424 e. The summed E-state index contributed by atoms with van der Waals surface area (Å²) in [6.45, 7) is -4.43. The first-order valence-corrected chi connectivity index (χ1v) is 12.4. The van der Waals surface area contributed by atoms with Crippen LogP contribution < -0.4 is 15.8 Å². The fraction of sp³-hybridized carbons (Fsp3) is 0.389. The average molecular weight is 517 g/mol.